The molecule has 0 aliphatic heterocycles. The second-order valence-electron chi connectivity index (χ2n) is 28.5. The van der Waals surface area contributed by atoms with Gasteiger partial charge in [-0.25, -0.2) is 19.9 Å². The highest BCUT2D eigenvalue weighted by Gasteiger charge is 2.21. The maximum atomic E-state index is 9.42. The van der Waals surface area contributed by atoms with Crippen molar-refractivity contribution in [3.8, 4) is 135 Å². The van der Waals surface area contributed by atoms with Crippen LogP contribution in [0.15, 0.2) is 417 Å². The minimum absolute atomic E-state index is 0.619. The Bertz CT molecular complexity index is 7260. The molecule has 4 heterocycles. The van der Waals surface area contributed by atoms with Gasteiger partial charge in [-0.05, 0) is 179 Å². The Hall–Kier alpha value is -15.8. The van der Waals surface area contributed by atoms with Gasteiger partial charge < -0.3 is 4.42 Å². The van der Waals surface area contributed by atoms with Crippen molar-refractivity contribution in [2.45, 2.75) is 0 Å². The summed E-state index contributed by atoms with van der Waals surface area (Å²) in [6, 6.07) is 147. The fourth-order valence-electron chi connectivity index (χ4n) is 15.8. The molecule has 0 aliphatic carbocycles. The van der Waals surface area contributed by atoms with Crippen LogP contribution in [0.25, 0.3) is 199 Å². The third-order valence-electron chi connectivity index (χ3n) is 21.5. The largest absolute Gasteiger partial charge is 0.436 e. The quantitative estimate of drug-likeness (QED) is 0.119. The topological polar surface area (TPSA) is 112 Å². The molecule has 0 amide bonds. The van der Waals surface area contributed by atoms with Crippen LogP contribution < -0.4 is 0 Å². The fraction of sp³-hybridized carbons (Fsp3) is 0. The van der Waals surface area contributed by atoms with E-state index in [-0.39, 0.29) is 0 Å². The van der Waals surface area contributed by atoms with Crippen LogP contribution in [0, 0.1) is 22.7 Å². The molecule has 17 aromatic carbocycles. The van der Waals surface area contributed by atoms with Crippen molar-refractivity contribution in [2.75, 3.05) is 0 Å². The first-order valence-electron chi connectivity index (χ1n) is 38.4. The Morgan fingerprint density at radius 1 is 0.191 bits per heavy atom. The van der Waals surface area contributed by atoms with Gasteiger partial charge in [-0.2, -0.15) is 10.5 Å². The Kier molecular flexibility index (Phi) is 18.7. The van der Waals surface area contributed by atoms with Crippen LogP contribution in [0.5, 0.6) is 0 Å². The van der Waals surface area contributed by atoms with Crippen LogP contribution in [0.1, 0.15) is 11.1 Å². The maximum absolute atomic E-state index is 9.42. The number of fused-ring (bicyclic) bond motifs is 10. The van der Waals surface area contributed by atoms with E-state index < -0.39 is 0 Å². The van der Waals surface area contributed by atoms with Gasteiger partial charge in [-0.15, -0.1) is 0 Å². The summed E-state index contributed by atoms with van der Waals surface area (Å²) in [5, 5.41) is 28.9. The fourth-order valence-corrected chi connectivity index (χ4v) is 15.8. The van der Waals surface area contributed by atoms with E-state index in [2.05, 4.69) is 345 Å². The maximum Gasteiger partial charge on any atom is 0.227 e. The van der Waals surface area contributed by atoms with Crippen LogP contribution in [0.4, 0.5) is 0 Å². The normalized spacial score (nSPS) is 11.1. The molecule has 7 heteroatoms. The molecule has 0 fully saturated rings. The van der Waals surface area contributed by atoms with Crippen LogP contribution in [0.2, 0.25) is 0 Å². The lowest BCUT2D eigenvalue weighted by Gasteiger charge is -2.16. The average molecular weight is 1470 g/mol. The van der Waals surface area contributed by atoms with E-state index in [9.17, 15) is 5.26 Å². The van der Waals surface area contributed by atoms with E-state index in [1.807, 2.05) is 84.9 Å². The second kappa shape index (κ2) is 30.9. The summed E-state index contributed by atoms with van der Waals surface area (Å²) in [6.45, 7) is 0. The monoisotopic (exact) mass is 1460 g/mol. The van der Waals surface area contributed by atoms with Crippen LogP contribution in [0.3, 0.4) is 0 Å². The standard InChI is InChI=1S/C38H24N2O.C38H24N2.C32H20N2/c1-3-11-25(12-4-1)31-23-33-32(26-13-5-2-6-14-26)24-35(39-37(33)30-16-8-7-15-29(30)31)27-19-21-28(22-20-27)38-40-34-17-9-10-18-36(34)41-38;39-25-26-15-17-27(18-16-26)28-19-21-31(22-20-28)37-24-35(30-11-5-2-6-12-30)36-23-34(29-9-3-1-4-10-29)32-13-7-8-14-33(32)38(36)40-37;33-21-22-10-9-15-25(18-22)31-20-29(24-13-5-2-6-14-24)30-19-28(23-11-3-1-4-12-23)26-16-7-8-17-27(26)32(30)34-31/h1-24H;1-24H;1-20H. The number of hydrogen-bond donors (Lipinski definition) is 0. The first-order chi connectivity index (χ1) is 56.9. The first-order valence-corrected chi connectivity index (χ1v) is 38.4. The van der Waals surface area contributed by atoms with Gasteiger partial charge in [-0.3, -0.25) is 0 Å². The van der Waals surface area contributed by atoms with Crippen molar-refractivity contribution in [1.82, 2.24) is 19.9 Å². The molecule has 21 rings (SSSR count). The molecule has 0 saturated heterocycles. The van der Waals surface area contributed by atoms with Gasteiger partial charge in [0.1, 0.15) is 5.52 Å². The molecule has 536 valence electrons. The predicted octanol–water partition coefficient (Wildman–Crippen LogP) is 28.4. The lowest BCUT2D eigenvalue weighted by molar-refractivity contribution is 0.620. The molecule has 7 nitrogen and oxygen atoms in total. The third-order valence-corrected chi connectivity index (χ3v) is 21.5. The summed E-state index contributed by atoms with van der Waals surface area (Å²) in [7, 11) is 0. The Labute approximate surface area is 665 Å². The zero-order valence-electron chi connectivity index (χ0n) is 62.4. The van der Waals surface area contributed by atoms with Gasteiger partial charge in [0.15, 0.2) is 5.58 Å². The lowest BCUT2D eigenvalue weighted by Crippen LogP contribution is -1.93. The average Bonchev–Trinajstić information content (AvgIpc) is 1.20. The highest BCUT2D eigenvalue weighted by Crippen LogP contribution is 2.45. The molecule has 115 heavy (non-hydrogen) atoms. The van der Waals surface area contributed by atoms with Gasteiger partial charge in [0.2, 0.25) is 5.89 Å². The van der Waals surface area contributed by atoms with Crippen LogP contribution in [-0.4, -0.2) is 19.9 Å². The molecular weight excluding hydrogens is 1400 g/mol. The highest BCUT2D eigenvalue weighted by molar-refractivity contribution is 6.19. The zero-order valence-corrected chi connectivity index (χ0v) is 62.4. The van der Waals surface area contributed by atoms with Crippen molar-refractivity contribution in [3.63, 3.8) is 0 Å². The summed E-state index contributed by atoms with van der Waals surface area (Å²) in [6.07, 6.45) is 0. The van der Waals surface area contributed by atoms with Gasteiger partial charge >= 0.3 is 0 Å². The van der Waals surface area contributed by atoms with Gasteiger partial charge in [-0.1, -0.05) is 328 Å². The van der Waals surface area contributed by atoms with E-state index in [1.54, 1.807) is 0 Å². The van der Waals surface area contributed by atoms with Crippen molar-refractivity contribution >= 4 is 76.1 Å². The number of aromatic nitrogens is 4. The number of nitrogens with zero attached hydrogens (tertiary/aromatic N) is 6. The molecule has 0 spiro atoms. The molecule has 0 saturated carbocycles. The number of pyridine rings is 3. The molecule has 0 unspecified atom stereocenters. The first kappa shape index (κ1) is 69.6. The predicted molar refractivity (Wildman–Crippen MR) is 475 cm³/mol. The van der Waals surface area contributed by atoms with Crippen LogP contribution >= 0.6 is 0 Å². The number of hydrogen-bond acceptors (Lipinski definition) is 7. The van der Waals surface area contributed by atoms with E-state index in [4.69, 9.17) is 24.6 Å². The van der Waals surface area contributed by atoms with Crippen molar-refractivity contribution in [2.24, 2.45) is 0 Å². The Morgan fingerprint density at radius 2 is 0.478 bits per heavy atom. The second-order valence-corrected chi connectivity index (χ2v) is 28.5. The van der Waals surface area contributed by atoms with Crippen molar-refractivity contribution in [3.05, 3.63) is 424 Å². The van der Waals surface area contributed by atoms with E-state index in [0.717, 1.165) is 127 Å². The molecule has 0 bridgehead atoms. The number of para-hydroxylation sites is 2. The third kappa shape index (κ3) is 13.8. The summed E-state index contributed by atoms with van der Waals surface area (Å²) in [5.74, 6) is 0.619. The number of nitriles is 2. The summed E-state index contributed by atoms with van der Waals surface area (Å²) >= 11 is 0. The summed E-state index contributed by atoms with van der Waals surface area (Å²) < 4.78 is 6.00. The Balaban J connectivity index is 0.000000116. The summed E-state index contributed by atoms with van der Waals surface area (Å²) in [5.41, 5.74) is 28.9. The van der Waals surface area contributed by atoms with E-state index in [0.29, 0.717) is 17.0 Å². The molecule has 0 aliphatic rings. The number of rotatable bonds is 11. The molecule has 0 atom stereocenters. The SMILES string of the molecule is N#Cc1ccc(-c2ccc(-c3cc(-c4ccccc4)c4cc(-c5ccccc5)c5ccccc5c4n3)cc2)cc1.N#Cc1cccc(-c2cc(-c3ccccc3)c3cc(-c4ccccc4)c4ccccc4c3n2)c1.c1ccc(-c2cc3c(-c4ccccc4)cc(-c4ccc(-c5nc6ccccc6o5)cc4)nc3c3ccccc23)cc1. The van der Waals surface area contributed by atoms with E-state index in [1.165, 1.54) is 66.2 Å². The van der Waals surface area contributed by atoms with Gasteiger partial charge in [0.05, 0.1) is 56.9 Å². The minimum atomic E-state index is 0.619. The molecule has 0 radical (unpaired) electrons. The van der Waals surface area contributed by atoms with Crippen molar-refractivity contribution in [1.29, 1.82) is 10.5 Å². The summed E-state index contributed by atoms with van der Waals surface area (Å²) in [4.78, 5) is 20.4. The zero-order chi connectivity index (χ0) is 77.0. The number of oxazole rings is 1. The molecule has 0 N–H and O–H groups in total. The molecule has 4 aromatic heterocycles. The minimum Gasteiger partial charge on any atom is -0.436 e. The van der Waals surface area contributed by atoms with Gasteiger partial charge in [0.25, 0.3) is 0 Å². The molecule has 21 aromatic rings. The van der Waals surface area contributed by atoms with E-state index >= 15 is 0 Å². The lowest BCUT2D eigenvalue weighted by atomic mass is 9.91. The van der Waals surface area contributed by atoms with Gasteiger partial charge in [0, 0.05) is 54.6 Å². The Morgan fingerprint density at radius 3 is 0.835 bits per heavy atom. The van der Waals surface area contributed by atoms with Crippen molar-refractivity contribution < 1.29 is 4.42 Å². The number of benzene rings is 17. The van der Waals surface area contributed by atoms with Crippen LogP contribution in [-0.2, 0) is 0 Å². The highest BCUT2D eigenvalue weighted by atomic mass is 16.3. The molecular formula is C108H68N6O. The smallest absolute Gasteiger partial charge is 0.227 e.